The summed E-state index contributed by atoms with van der Waals surface area (Å²) < 4.78 is 1.54. The van der Waals surface area contributed by atoms with E-state index in [1.54, 1.807) is 6.20 Å². The molecule has 0 radical (unpaired) electrons. The maximum absolute atomic E-state index is 13.3. The summed E-state index contributed by atoms with van der Waals surface area (Å²) in [5.41, 5.74) is 6.35. The van der Waals surface area contributed by atoms with E-state index in [0.29, 0.717) is 16.9 Å². The second-order valence-electron chi connectivity index (χ2n) is 6.93. The van der Waals surface area contributed by atoms with Crippen molar-refractivity contribution in [2.75, 3.05) is 0 Å². The predicted octanol–water partition coefficient (Wildman–Crippen LogP) is 4.52. The third kappa shape index (κ3) is 2.44. The minimum atomic E-state index is -0.120. The van der Waals surface area contributed by atoms with E-state index in [1.807, 2.05) is 74.5 Å². The first-order valence-corrected chi connectivity index (χ1v) is 9.16. The SMILES string of the molecule is Cc1nc2c(-c3ccccc3)c(C)[nH]n2c(=O)c1-c1cnc2ccccc2c1. The Kier molecular flexibility index (Phi) is 3.62. The normalized spacial score (nSPS) is 11.4. The fourth-order valence-electron chi connectivity index (χ4n) is 3.78. The minimum Gasteiger partial charge on any atom is -0.293 e. The Bertz CT molecular complexity index is 1400. The van der Waals surface area contributed by atoms with E-state index in [-0.39, 0.29) is 5.56 Å². The lowest BCUT2D eigenvalue weighted by atomic mass is 10.0. The van der Waals surface area contributed by atoms with Crippen molar-refractivity contribution in [1.29, 1.82) is 0 Å². The van der Waals surface area contributed by atoms with Crippen LogP contribution < -0.4 is 5.56 Å². The molecule has 1 N–H and O–H groups in total. The van der Waals surface area contributed by atoms with Crippen LogP contribution in [0, 0.1) is 13.8 Å². The lowest BCUT2D eigenvalue weighted by molar-refractivity contribution is 0.876. The molecule has 0 saturated heterocycles. The van der Waals surface area contributed by atoms with Crippen molar-refractivity contribution < 1.29 is 0 Å². The third-order valence-corrected chi connectivity index (χ3v) is 5.08. The molecule has 3 aromatic heterocycles. The molecular weight excluding hydrogens is 348 g/mol. The minimum absolute atomic E-state index is 0.120. The standard InChI is InChI=1S/C23H18N4O/c1-14-21(18-12-17-10-6-7-11-19(17)24-13-18)23(28)27-22(25-14)20(15(2)26-27)16-8-4-3-5-9-16/h3-13,26H,1-2H3. The van der Waals surface area contributed by atoms with Crippen LogP contribution in [-0.4, -0.2) is 19.6 Å². The van der Waals surface area contributed by atoms with E-state index in [0.717, 1.165) is 33.3 Å². The summed E-state index contributed by atoms with van der Waals surface area (Å²) in [7, 11) is 0. The summed E-state index contributed by atoms with van der Waals surface area (Å²) in [5.74, 6) is 0. The van der Waals surface area contributed by atoms with Gasteiger partial charge in [0.1, 0.15) is 0 Å². The van der Waals surface area contributed by atoms with Gasteiger partial charge in [-0.3, -0.25) is 14.9 Å². The number of benzene rings is 2. The highest BCUT2D eigenvalue weighted by Crippen LogP contribution is 2.28. The van der Waals surface area contributed by atoms with Crippen LogP contribution in [0.15, 0.2) is 71.7 Å². The van der Waals surface area contributed by atoms with Gasteiger partial charge < -0.3 is 0 Å². The van der Waals surface area contributed by atoms with Crippen LogP contribution in [0.5, 0.6) is 0 Å². The second-order valence-corrected chi connectivity index (χ2v) is 6.93. The molecule has 0 unspecified atom stereocenters. The van der Waals surface area contributed by atoms with Crippen molar-refractivity contribution in [1.82, 2.24) is 19.6 Å². The largest absolute Gasteiger partial charge is 0.293 e. The van der Waals surface area contributed by atoms with Gasteiger partial charge in [-0.25, -0.2) is 9.50 Å². The first-order chi connectivity index (χ1) is 13.6. The van der Waals surface area contributed by atoms with Gasteiger partial charge in [0.25, 0.3) is 5.56 Å². The Balaban J connectivity index is 1.79. The quantitative estimate of drug-likeness (QED) is 0.499. The molecule has 0 spiro atoms. The number of fused-ring (bicyclic) bond motifs is 2. The topological polar surface area (TPSA) is 63.1 Å². The first kappa shape index (κ1) is 16.4. The van der Waals surface area contributed by atoms with Gasteiger partial charge >= 0.3 is 0 Å². The summed E-state index contributed by atoms with van der Waals surface area (Å²) in [6.07, 6.45) is 1.74. The molecule has 5 rings (SSSR count). The van der Waals surface area contributed by atoms with E-state index in [1.165, 1.54) is 4.52 Å². The van der Waals surface area contributed by atoms with Crippen LogP contribution in [0.4, 0.5) is 0 Å². The van der Waals surface area contributed by atoms with E-state index < -0.39 is 0 Å². The molecule has 5 nitrogen and oxygen atoms in total. The Morgan fingerprint density at radius 1 is 0.893 bits per heavy atom. The van der Waals surface area contributed by atoms with Crippen molar-refractivity contribution in [3.8, 4) is 22.3 Å². The fourth-order valence-corrected chi connectivity index (χ4v) is 3.78. The predicted molar refractivity (Wildman–Crippen MR) is 111 cm³/mol. The number of aryl methyl sites for hydroxylation is 2. The van der Waals surface area contributed by atoms with Gasteiger partial charge in [0.05, 0.1) is 16.8 Å². The number of para-hydroxylation sites is 1. The fraction of sp³-hybridized carbons (Fsp3) is 0.0870. The third-order valence-electron chi connectivity index (χ3n) is 5.08. The lowest BCUT2D eigenvalue weighted by Gasteiger charge is -2.07. The van der Waals surface area contributed by atoms with Crippen molar-refractivity contribution in [3.63, 3.8) is 0 Å². The molecule has 0 saturated carbocycles. The number of pyridine rings is 1. The average Bonchev–Trinajstić information content (AvgIpc) is 3.04. The van der Waals surface area contributed by atoms with Gasteiger partial charge in [-0.15, -0.1) is 0 Å². The number of nitrogens with zero attached hydrogens (tertiary/aromatic N) is 3. The van der Waals surface area contributed by atoms with Gasteiger partial charge in [0.15, 0.2) is 5.65 Å². The van der Waals surface area contributed by atoms with Crippen LogP contribution in [0.2, 0.25) is 0 Å². The second kappa shape index (κ2) is 6.16. The smallest absolute Gasteiger partial charge is 0.280 e. The molecule has 0 bridgehead atoms. The monoisotopic (exact) mass is 366 g/mol. The van der Waals surface area contributed by atoms with Crippen LogP contribution in [-0.2, 0) is 0 Å². The van der Waals surface area contributed by atoms with Crippen molar-refractivity contribution in [2.24, 2.45) is 0 Å². The van der Waals surface area contributed by atoms with E-state index in [9.17, 15) is 4.79 Å². The number of nitrogens with one attached hydrogen (secondary N) is 1. The highest BCUT2D eigenvalue weighted by atomic mass is 16.1. The van der Waals surface area contributed by atoms with Crippen molar-refractivity contribution in [2.45, 2.75) is 13.8 Å². The van der Waals surface area contributed by atoms with Crippen LogP contribution >= 0.6 is 0 Å². The number of rotatable bonds is 2. The number of H-pyrrole nitrogens is 1. The van der Waals surface area contributed by atoms with Crippen molar-refractivity contribution >= 4 is 16.6 Å². The Hall–Kier alpha value is -3.73. The highest BCUT2D eigenvalue weighted by Gasteiger charge is 2.18. The van der Waals surface area contributed by atoms with Gasteiger partial charge in [-0.2, -0.15) is 0 Å². The van der Waals surface area contributed by atoms with Gasteiger partial charge in [0.2, 0.25) is 0 Å². The molecule has 28 heavy (non-hydrogen) atoms. The molecule has 136 valence electrons. The van der Waals surface area contributed by atoms with Gasteiger partial charge in [-0.05, 0) is 31.5 Å². The zero-order valence-electron chi connectivity index (χ0n) is 15.6. The molecule has 0 amide bonds. The molecule has 2 aromatic carbocycles. The zero-order chi connectivity index (χ0) is 19.3. The molecule has 0 aliphatic heterocycles. The van der Waals surface area contributed by atoms with E-state index in [4.69, 9.17) is 4.98 Å². The summed E-state index contributed by atoms with van der Waals surface area (Å²) in [6, 6.07) is 19.9. The lowest BCUT2D eigenvalue weighted by Crippen LogP contribution is -2.19. The first-order valence-electron chi connectivity index (χ1n) is 9.16. The maximum atomic E-state index is 13.3. The molecule has 0 atom stereocenters. The number of hydrogen-bond acceptors (Lipinski definition) is 3. The molecule has 3 heterocycles. The average molecular weight is 366 g/mol. The molecule has 0 aliphatic rings. The maximum Gasteiger partial charge on any atom is 0.280 e. The molecule has 5 heteroatoms. The summed E-state index contributed by atoms with van der Waals surface area (Å²) in [5, 5.41) is 4.19. The molecular formula is C23H18N4O. The van der Waals surface area contributed by atoms with E-state index >= 15 is 0 Å². The molecule has 0 aliphatic carbocycles. The Labute approximate surface area is 161 Å². The van der Waals surface area contributed by atoms with E-state index in [2.05, 4.69) is 10.1 Å². The summed E-state index contributed by atoms with van der Waals surface area (Å²) >= 11 is 0. The summed E-state index contributed by atoms with van der Waals surface area (Å²) in [4.78, 5) is 22.6. The van der Waals surface area contributed by atoms with Crippen molar-refractivity contribution in [3.05, 3.63) is 88.6 Å². The van der Waals surface area contributed by atoms with Gasteiger partial charge in [-0.1, -0.05) is 48.5 Å². The molecule has 0 fully saturated rings. The Morgan fingerprint density at radius 2 is 1.64 bits per heavy atom. The van der Waals surface area contributed by atoms with Crippen LogP contribution in [0.3, 0.4) is 0 Å². The molecule has 5 aromatic rings. The highest BCUT2D eigenvalue weighted by molar-refractivity contribution is 5.85. The number of aromatic nitrogens is 4. The number of aromatic amines is 1. The summed E-state index contributed by atoms with van der Waals surface area (Å²) in [6.45, 7) is 3.84. The van der Waals surface area contributed by atoms with Crippen LogP contribution in [0.25, 0.3) is 38.8 Å². The van der Waals surface area contributed by atoms with Gasteiger partial charge in [0, 0.05) is 28.4 Å². The number of hydrogen-bond donors (Lipinski definition) is 1. The zero-order valence-corrected chi connectivity index (χ0v) is 15.6. The van der Waals surface area contributed by atoms with Crippen LogP contribution in [0.1, 0.15) is 11.4 Å². The Morgan fingerprint density at radius 3 is 2.46 bits per heavy atom.